The number of halogens is 2. The monoisotopic (exact) mass is 502 g/mol. The molecule has 0 aliphatic heterocycles. The molecule has 1 aromatic heterocycles. The molecule has 0 saturated carbocycles. The molecule has 8 nitrogen and oxygen atoms in total. The van der Waals surface area contributed by atoms with Gasteiger partial charge >= 0.3 is 5.97 Å². The van der Waals surface area contributed by atoms with Gasteiger partial charge in [-0.3, -0.25) is 9.59 Å². The van der Waals surface area contributed by atoms with Gasteiger partial charge in [0, 0.05) is 5.56 Å². The van der Waals surface area contributed by atoms with Gasteiger partial charge < -0.3 is 20.9 Å². The summed E-state index contributed by atoms with van der Waals surface area (Å²) in [6.07, 6.45) is 2.48. The van der Waals surface area contributed by atoms with Crippen LogP contribution < -0.4 is 15.8 Å². The highest BCUT2D eigenvalue weighted by Crippen LogP contribution is 2.26. The van der Waals surface area contributed by atoms with Gasteiger partial charge in [0.1, 0.15) is 23.4 Å². The van der Waals surface area contributed by atoms with Gasteiger partial charge in [-0.05, 0) is 55.6 Å². The van der Waals surface area contributed by atoms with Gasteiger partial charge in [0.25, 0.3) is 0 Å². The Labute approximate surface area is 207 Å². The molecule has 0 aliphatic rings. The molecule has 0 unspecified atom stereocenters. The summed E-state index contributed by atoms with van der Waals surface area (Å²) in [5, 5.41) is 16.6. The molecular formula is C25H28ClFN4O4. The standard InChI is InChI=1S/C25H28ClFN4O4/c1-15(2)11-21(25(33)34)29-9-4-10-35-18-6-3-5-16(12-18)23(32)19-14-30-31(24(19)28)22-8-7-17(27)13-20(22)26/h3,5-8,12-15,21,29H,4,9-11,28H2,1-2H3,(H,33,34)/t21-/m0/s1. The van der Waals surface area contributed by atoms with Gasteiger partial charge in [-0.25, -0.2) is 9.07 Å². The summed E-state index contributed by atoms with van der Waals surface area (Å²) in [6.45, 7) is 4.79. The van der Waals surface area contributed by atoms with Crippen LogP contribution in [0.1, 0.15) is 42.6 Å². The van der Waals surface area contributed by atoms with Crippen molar-refractivity contribution in [3.63, 3.8) is 0 Å². The number of nitrogens with two attached hydrogens (primary N) is 1. The van der Waals surface area contributed by atoms with E-state index in [9.17, 15) is 19.1 Å². The number of aromatic nitrogens is 2. The van der Waals surface area contributed by atoms with E-state index in [1.54, 1.807) is 24.3 Å². The number of anilines is 1. The van der Waals surface area contributed by atoms with Crippen molar-refractivity contribution in [3.05, 3.63) is 70.6 Å². The van der Waals surface area contributed by atoms with Crippen LogP contribution in [0.25, 0.3) is 5.69 Å². The van der Waals surface area contributed by atoms with Gasteiger partial charge in [0.2, 0.25) is 0 Å². The molecule has 3 aromatic rings. The van der Waals surface area contributed by atoms with Gasteiger partial charge in [0.05, 0.1) is 29.1 Å². The van der Waals surface area contributed by atoms with Gasteiger partial charge in [-0.2, -0.15) is 5.10 Å². The quantitative estimate of drug-likeness (QED) is 0.249. The van der Waals surface area contributed by atoms with Gasteiger partial charge in [-0.1, -0.05) is 37.6 Å². The van der Waals surface area contributed by atoms with E-state index in [-0.39, 0.29) is 28.1 Å². The zero-order chi connectivity index (χ0) is 25.5. The van der Waals surface area contributed by atoms with Crippen molar-refractivity contribution in [2.45, 2.75) is 32.7 Å². The average Bonchev–Trinajstić information content (AvgIpc) is 3.18. The molecule has 0 saturated heterocycles. The maximum absolute atomic E-state index is 13.4. The second-order valence-electron chi connectivity index (χ2n) is 8.48. The molecular weight excluding hydrogens is 475 g/mol. The molecule has 10 heteroatoms. The maximum Gasteiger partial charge on any atom is 0.320 e. The third kappa shape index (κ3) is 6.80. The summed E-state index contributed by atoms with van der Waals surface area (Å²) in [5.41, 5.74) is 7.05. The van der Waals surface area contributed by atoms with E-state index in [1.807, 2.05) is 13.8 Å². The first-order valence-corrected chi connectivity index (χ1v) is 11.6. The van der Waals surface area contributed by atoms with E-state index in [2.05, 4.69) is 10.4 Å². The van der Waals surface area contributed by atoms with Crippen LogP contribution in [0, 0.1) is 11.7 Å². The fourth-order valence-electron chi connectivity index (χ4n) is 3.54. The number of carbonyl (C=O) groups excluding carboxylic acids is 1. The molecule has 0 radical (unpaired) electrons. The van der Waals surface area contributed by atoms with E-state index < -0.39 is 17.8 Å². The molecule has 4 N–H and O–H groups in total. The molecule has 0 spiro atoms. The Bertz CT molecular complexity index is 1200. The van der Waals surface area contributed by atoms with Crippen molar-refractivity contribution >= 4 is 29.2 Å². The first-order chi connectivity index (χ1) is 16.7. The van der Waals surface area contributed by atoms with E-state index in [0.29, 0.717) is 43.0 Å². The SMILES string of the molecule is CC(C)C[C@H](NCCCOc1cccc(C(=O)c2cnn(-c3ccc(F)cc3Cl)c2N)c1)C(=O)O. The maximum atomic E-state index is 13.4. The molecule has 186 valence electrons. The van der Waals surface area contributed by atoms with Crippen molar-refractivity contribution < 1.29 is 23.8 Å². The number of nitrogens with zero attached hydrogens (tertiary/aromatic N) is 2. The first-order valence-electron chi connectivity index (χ1n) is 11.2. The lowest BCUT2D eigenvalue weighted by Crippen LogP contribution is -2.38. The minimum atomic E-state index is -0.866. The Kier molecular flexibility index (Phi) is 8.84. The van der Waals surface area contributed by atoms with E-state index in [1.165, 1.54) is 23.0 Å². The molecule has 2 aromatic carbocycles. The van der Waals surface area contributed by atoms with Crippen LogP contribution in [0.2, 0.25) is 5.02 Å². The number of benzene rings is 2. The van der Waals surface area contributed by atoms with Crippen molar-refractivity contribution in [1.82, 2.24) is 15.1 Å². The van der Waals surface area contributed by atoms with E-state index in [4.69, 9.17) is 22.1 Å². The van der Waals surface area contributed by atoms with Crippen LogP contribution in [-0.4, -0.2) is 45.8 Å². The van der Waals surface area contributed by atoms with Crippen molar-refractivity contribution in [3.8, 4) is 11.4 Å². The molecule has 0 aliphatic carbocycles. The Hall–Kier alpha value is -3.43. The molecule has 1 heterocycles. The predicted octanol–water partition coefficient (Wildman–Crippen LogP) is 4.34. The average molecular weight is 503 g/mol. The highest BCUT2D eigenvalue weighted by atomic mass is 35.5. The molecule has 0 fully saturated rings. The van der Waals surface area contributed by atoms with E-state index >= 15 is 0 Å². The second-order valence-corrected chi connectivity index (χ2v) is 8.89. The highest BCUT2D eigenvalue weighted by molar-refractivity contribution is 6.32. The van der Waals surface area contributed by atoms with Crippen molar-refractivity contribution in [2.24, 2.45) is 5.92 Å². The normalized spacial score (nSPS) is 12.0. The summed E-state index contributed by atoms with van der Waals surface area (Å²) >= 11 is 6.10. The van der Waals surface area contributed by atoms with Gasteiger partial charge in [0.15, 0.2) is 5.78 Å². The van der Waals surface area contributed by atoms with Crippen molar-refractivity contribution in [2.75, 3.05) is 18.9 Å². The lowest BCUT2D eigenvalue weighted by molar-refractivity contribution is -0.139. The van der Waals surface area contributed by atoms with Crippen LogP contribution in [0.4, 0.5) is 10.2 Å². The van der Waals surface area contributed by atoms with Gasteiger partial charge in [-0.15, -0.1) is 0 Å². The topological polar surface area (TPSA) is 119 Å². The lowest BCUT2D eigenvalue weighted by atomic mass is 10.0. The number of hydrogen-bond donors (Lipinski definition) is 3. The Morgan fingerprint density at radius 3 is 2.71 bits per heavy atom. The second kappa shape index (κ2) is 11.8. The third-order valence-electron chi connectivity index (χ3n) is 5.27. The number of ketones is 1. The summed E-state index contributed by atoms with van der Waals surface area (Å²) in [4.78, 5) is 24.4. The Morgan fingerprint density at radius 2 is 2.03 bits per heavy atom. The summed E-state index contributed by atoms with van der Waals surface area (Å²) in [5.74, 6) is -0.859. The third-order valence-corrected chi connectivity index (χ3v) is 5.57. The van der Waals surface area contributed by atoms with Crippen molar-refractivity contribution in [1.29, 1.82) is 0 Å². The number of hydrogen-bond acceptors (Lipinski definition) is 6. The van der Waals surface area contributed by atoms with E-state index in [0.717, 1.165) is 6.07 Å². The lowest BCUT2D eigenvalue weighted by Gasteiger charge is -2.16. The van der Waals surface area contributed by atoms with Crippen LogP contribution in [-0.2, 0) is 4.79 Å². The predicted molar refractivity (Wildman–Crippen MR) is 132 cm³/mol. The van der Waals surface area contributed by atoms with Crippen LogP contribution in [0.15, 0.2) is 48.7 Å². The van der Waals surface area contributed by atoms with Crippen LogP contribution in [0.5, 0.6) is 5.75 Å². The summed E-state index contributed by atoms with van der Waals surface area (Å²) < 4.78 is 20.4. The fraction of sp³-hybridized carbons (Fsp3) is 0.320. The molecule has 3 rings (SSSR count). The number of ether oxygens (including phenoxy) is 1. The fourth-order valence-corrected chi connectivity index (χ4v) is 3.79. The number of rotatable bonds is 12. The Morgan fingerprint density at radius 1 is 1.26 bits per heavy atom. The largest absolute Gasteiger partial charge is 0.494 e. The number of carboxylic acid groups (broad SMARTS) is 1. The highest BCUT2D eigenvalue weighted by Gasteiger charge is 2.20. The minimum Gasteiger partial charge on any atom is -0.494 e. The number of nitrogen functional groups attached to an aromatic ring is 1. The summed E-state index contributed by atoms with van der Waals surface area (Å²) in [7, 11) is 0. The summed E-state index contributed by atoms with van der Waals surface area (Å²) in [6, 6.07) is 9.88. The van der Waals surface area contributed by atoms with Crippen LogP contribution >= 0.6 is 11.6 Å². The smallest absolute Gasteiger partial charge is 0.320 e. The number of carbonyl (C=O) groups is 2. The first kappa shape index (κ1) is 26.2. The number of aliphatic carboxylic acids is 1. The number of carboxylic acids is 1. The number of nitrogens with one attached hydrogen (secondary N) is 1. The van der Waals surface area contributed by atoms with Crippen LogP contribution in [0.3, 0.4) is 0 Å². The molecule has 0 amide bonds. The zero-order valence-electron chi connectivity index (χ0n) is 19.5. The minimum absolute atomic E-state index is 0.0790. The molecule has 1 atom stereocenters. The molecule has 0 bridgehead atoms. The molecule has 35 heavy (non-hydrogen) atoms. The Balaban J connectivity index is 1.61. The zero-order valence-corrected chi connectivity index (χ0v) is 20.3.